The molecule has 0 unspecified atom stereocenters. The van der Waals surface area contributed by atoms with Gasteiger partial charge in [0.2, 0.25) is 5.91 Å². The van der Waals surface area contributed by atoms with Gasteiger partial charge in [0.25, 0.3) is 0 Å². The monoisotopic (exact) mass is 157 g/mol. The molecule has 0 aliphatic carbocycles. The predicted octanol–water partition coefficient (Wildman–Crippen LogP) is 0.472. The lowest BCUT2D eigenvalue weighted by Gasteiger charge is -2.13. The third-order valence-corrected chi connectivity index (χ3v) is 3.34. The maximum absolute atomic E-state index is 10.7. The molecule has 0 bridgehead atoms. The molecule has 0 heterocycles. The van der Waals surface area contributed by atoms with Crippen LogP contribution in [0.4, 0.5) is 0 Å². The van der Waals surface area contributed by atoms with Crippen molar-refractivity contribution in [3.8, 4) is 0 Å². The zero-order valence-corrected chi connectivity index (χ0v) is 8.55. The summed E-state index contributed by atoms with van der Waals surface area (Å²) < 4.78 is 1.83. The summed E-state index contributed by atoms with van der Waals surface area (Å²) >= 11 is 0. The van der Waals surface area contributed by atoms with Crippen LogP contribution in [0, 0.1) is 0 Å². The van der Waals surface area contributed by atoms with Gasteiger partial charge in [-0.1, -0.05) is 11.3 Å². The number of carbonyl (C=O) groups excluding carboxylic acids is 1. The predicted molar refractivity (Wildman–Crippen MR) is 46.4 cm³/mol. The molecule has 0 rings (SSSR count). The van der Waals surface area contributed by atoms with Crippen LogP contribution in [0.25, 0.3) is 0 Å². The maximum Gasteiger partial charge on any atom is 0.211 e. The van der Waals surface area contributed by atoms with Gasteiger partial charge in [0.05, 0.1) is 0 Å². The van der Waals surface area contributed by atoms with Crippen LogP contribution in [0.15, 0.2) is 11.3 Å². The van der Waals surface area contributed by atoms with Crippen molar-refractivity contribution in [2.75, 3.05) is 7.05 Å². The van der Waals surface area contributed by atoms with Crippen molar-refractivity contribution in [2.24, 2.45) is 0 Å². The Morgan fingerprint density at radius 1 is 1.50 bits per heavy atom. The maximum atomic E-state index is 10.7. The Hall–Kier alpha value is -0.573. The topological polar surface area (TPSA) is 20.3 Å². The van der Waals surface area contributed by atoms with Gasteiger partial charge in [0.1, 0.15) is 0 Å². The average molecular weight is 157 g/mol. The lowest BCUT2D eigenvalue weighted by Crippen LogP contribution is -2.28. The van der Waals surface area contributed by atoms with Crippen LogP contribution in [0.3, 0.4) is 0 Å². The molecule has 0 N–H and O–H groups in total. The standard InChI is InChI=1S/C7H15NOSi/c1-5-6(2)10-8(4)7(3)9/h5H,10H2,1-4H3. The Morgan fingerprint density at radius 3 is 2.30 bits per heavy atom. The Morgan fingerprint density at radius 2 is 2.00 bits per heavy atom. The fourth-order valence-electron chi connectivity index (χ4n) is 0.577. The Bertz CT molecular complexity index is 154. The second-order valence-electron chi connectivity index (χ2n) is 2.51. The zero-order valence-electron chi connectivity index (χ0n) is 7.14. The number of carbonyl (C=O) groups is 1. The van der Waals surface area contributed by atoms with E-state index in [4.69, 9.17) is 0 Å². The fourth-order valence-corrected chi connectivity index (χ4v) is 1.73. The van der Waals surface area contributed by atoms with E-state index in [2.05, 4.69) is 13.0 Å². The molecule has 0 aliphatic rings. The summed E-state index contributed by atoms with van der Waals surface area (Å²) in [5, 5.41) is 1.36. The molecule has 0 saturated carbocycles. The molecule has 58 valence electrons. The average Bonchev–Trinajstić information content (AvgIpc) is 1.87. The van der Waals surface area contributed by atoms with E-state index in [-0.39, 0.29) is 5.91 Å². The van der Waals surface area contributed by atoms with Gasteiger partial charge >= 0.3 is 0 Å². The lowest BCUT2D eigenvalue weighted by molar-refractivity contribution is -0.123. The van der Waals surface area contributed by atoms with Gasteiger partial charge in [0.15, 0.2) is 9.68 Å². The highest BCUT2D eigenvalue weighted by Gasteiger charge is 2.01. The van der Waals surface area contributed by atoms with Crippen molar-refractivity contribution in [1.82, 2.24) is 4.57 Å². The summed E-state index contributed by atoms with van der Waals surface area (Å²) in [5.41, 5.74) is 0. The van der Waals surface area contributed by atoms with E-state index in [9.17, 15) is 4.79 Å². The molecule has 0 atom stereocenters. The van der Waals surface area contributed by atoms with Crippen LogP contribution < -0.4 is 0 Å². The molecule has 0 aromatic carbocycles. The normalized spacial score (nSPS) is 12.6. The second kappa shape index (κ2) is 4.28. The third-order valence-electron chi connectivity index (χ3n) is 1.52. The first kappa shape index (κ1) is 9.43. The van der Waals surface area contributed by atoms with Crippen molar-refractivity contribution in [3.63, 3.8) is 0 Å². The second-order valence-corrected chi connectivity index (χ2v) is 4.89. The summed E-state index contributed by atoms with van der Waals surface area (Å²) in [6.07, 6.45) is 2.08. The molecule has 1 amide bonds. The molecule has 0 aliphatic heterocycles. The van der Waals surface area contributed by atoms with Crippen molar-refractivity contribution in [3.05, 3.63) is 11.3 Å². The number of allylic oxidation sites excluding steroid dienone is 2. The van der Waals surface area contributed by atoms with Crippen molar-refractivity contribution < 1.29 is 4.79 Å². The Labute approximate surface area is 64.8 Å². The number of rotatable bonds is 2. The van der Waals surface area contributed by atoms with Crippen LogP contribution in [0.2, 0.25) is 0 Å². The minimum Gasteiger partial charge on any atom is -0.374 e. The van der Waals surface area contributed by atoms with Gasteiger partial charge in [-0.25, -0.2) is 0 Å². The summed E-state index contributed by atoms with van der Waals surface area (Å²) in [6.45, 7) is 5.69. The molecule has 2 nitrogen and oxygen atoms in total. The number of nitrogens with zero attached hydrogens (tertiary/aromatic N) is 1. The summed E-state index contributed by atoms with van der Waals surface area (Å²) in [7, 11) is 1.42. The van der Waals surface area contributed by atoms with Gasteiger partial charge in [-0.15, -0.1) is 0 Å². The quantitative estimate of drug-likeness (QED) is 0.534. The van der Waals surface area contributed by atoms with Crippen molar-refractivity contribution in [2.45, 2.75) is 20.8 Å². The summed E-state index contributed by atoms with van der Waals surface area (Å²) in [4.78, 5) is 10.7. The van der Waals surface area contributed by atoms with Crippen LogP contribution in [0.1, 0.15) is 20.8 Å². The number of hydrogen-bond donors (Lipinski definition) is 0. The molecule has 0 aromatic heterocycles. The first-order valence-electron chi connectivity index (χ1n) is 3.41. The smallest absolute Gasteiger partial charge is 0.211 e. The molecule has 0 saturated heterocycles. The Balaban J connectivity index is 3.80. The SMILES string of the molecule is CC=C(C)[SiH2]N(C)C(C)=O. The van der Waals surface area contributed by atoms with E-state index in [1.807, 2.05) is 18.5 Å². The van der Waals surface area contributed by atoms with E-state index in [0.29, 0.717) is 0 Å². The Kier molecular flexibility index (Phi) is 4.03. The van der Waals surface area contributed by atoms with E-state index < -0.39 is 9.68 Å². The molecular weight excluding hydrogens is 142 g/mol. The highest BCUT2D eigenvalue weighted by molar-refractivity contribution is 6.45. The van der Waals surface area contributed by atoms with E-state index >= 15 is 0 Å². The first-order valence-corrected chi connectivity index (χ1v) is 4.75. The van der Waals surface area contributed by atoms with Gasteiger partial charge in [-0.3, -0.25) is 4.79 Å². The molecule has 3 heteroatoms. The summed E-state index contributed by atoms with van der Waals surface area (Å²) in [6, 6.07) is 0. The van der Waals surface area contributed by atoms with Crippen molar-refractivity contribution >= 4 is 15.6 Å². The third kappa shape index (κ3) is 3.45. The van der Waals surface area contributed by atoms with Crippen molar-refractivity contribution in [1.29, 1.82) is 0 Å². The largest absolute Gasteiger partial charge is 0.374 e. The van der Waals surface area contributed by atoms with Gasteiger partial charge in [0, 0.05) is 14.0 Å². The van der Waals surface area contributed by atoms with Gasteiger partial charge < -0.3 is 4.57 Å². The van der Waals surface area contributed by atoms with Gasteiger partial charge in [-0.05, 0) is 13.8 Å². The van der Waals surface area contributed by atoms with E-state index in [1.54, 1.807) is 6.92 Å². The number of amides is 1. The highest BCUT2D eigenvalue weighted by Crippen LogP contribution is 1.91. The van der Waals surface area contributed by atoms with Crippen LogP contribution in [-0.4, -0.2) is 27.2 Å². The van der Waals surface area contributed by atoms with Crippen LogP contribution in [0.5, 0.6) is 0 Å². The van der Waals surface area contributed by atoms with E-state index in [1.165, 1.54) is 5.20 Å². The molecule has 10 heavy (non-hydrogen) atoms. The summed E-state index contributed by atoms with van der Waals surface area (Å²) in [5.74, 6) is 0.174. The first-order chi connectivity index (χ1) is 4.57. The minimum atomic E-state index is -0.443. The van der Waals surface area contributed by atoms with Gasteiger partial charge in [-0.2, -0.15) is 0 Å². The van der Waals surface area contributed by atoms with Crippen LogP contribution >= 0.6 is 0 Å². The molecular formula is C7H15NOSi. The molecule has 0 aromatic rings. The lowest BCUT2D eigenvalue weighted by atomic mass is 10.6. The van der Waals surface area contributed by atoms with Crippen LogP contribution in [-0.2, 0) is 4.79 Å². The molecule has 0 radical (unpaired) electrons. The fraction of sp³-hybridized carbons (Fsp3) is 0.571. The minimum absolute atomic E-state index is 0.174. The van der Waals surface area contributed by atoms with E-state index in [0.717, 1.165) is 0 Å². The number of hydrogen-bond acceptors (Lipinski definition) is 1. The highest BCUT2D eigenvalue weighted by atomic mass is 28.2. The molecule has 0 spiro atoms. The molecule has 0 fully saturated rings. The zero-order chi connectivity index (χ0) is 8.15.